The minimum Gasteiger partial charge on any atom is -0.391 e. The second-order valence-corrected chi connectivity index (χ2v) is 5.68. The Morgan fingerprint density at radius 3 is 2.95 bits per heavy atom. The molecule has 2 atom stereocenters. The van der Waals surface area contributed by atoms with Crippen LogP contribution in [0.5, 0.6) is 0 Å². The molecule has 0 aliphatic carbocycles. The van der Waals surface area contributed by atoms with E-state index >= 15 is 0 Å². The van der Waals surface area contributed by atoms with Gasteiger partial charge in [-0.15, -0.1) is 0 Å². The van der Waals surface area contributed by atoms with Gasteiger partial charge in [0.25, 0.3) is 5.91 Å². The standard InChI is InChI=1S/C13H19ClN4O2/c1-7(2)12-16-5-9(14)11(18-12)13(20)17-4-8-3-15-6-10(8)19/h5,7-8,10,15,19H,3-4,6H2,1-2H3,(H,17,20). The number of hydrogen-bond acceptors (Lipinski definition) is 5. The van der Waals surface area contributed by atoms with Crippen molar-refractivity contribution in [1.29, 1.82) is 0 Å². The molecule has 0 aromatic carbocycles. The maximum Gasteiger partial charge on any atom is 0.271 e. The summed E-state index contributed by atoms with van der Waals surface area (Å²) in [5.41, 5.74) is 0.186. The molecule has 0 radical (unpaired) electrons. The average Bonchev–Trinajstić information content (AvgIpc) is 2.81. The van der Waals surface area contributed by atoms with Crippen molar-refractivity contribution in [2.45, 2.75) is 25.9 Å². The van der Waals surface area contributed by atoms with Crippen LogP contribution < -0.4 is 10.6 Å². The molecule has 1 aromatic heterocycles. The van der Waals surface area contributed by atoms with E-state index in [2.05, 4.69) is 20.6 Å². The van der Waals surface area contributed by atoms with Gasteiger partial charge < -0.3 is 15.7 Å². The number of hydrogen-bond donors (Lipinski definition) is 3. The van der Waals surface area contributed by atoms with E-state index in [1.54, 1.807) is 0 Å². The zero-order valence-electron chi connectivity index (χ0n) is 11.6. The van der Waals surface area contributed by atoms with Crippen LogP contribution in [0, 0.1) is 5.92 Å². The van der Waals surface area contributed by atoms with Crippen LogP contribution in [0.4, 0.5) is 0 Å². The highest BCUT2D eigenvalue weighted by molar-refractivity contribution is 6.33. The molecular formula is C13H19ClN4O2. The lowest BCUT2D eigenvalue weighted by molar-refractivity contribution is 0.0922. The van der Waals surface area contributed by atoms with Crippen molar-refractivity contribution in [3.63, 3.8) is 0 Å². The molecule has 1 aliphatic heterocycles. The second-order valence-electron chi connectivity index (χ2n) is 5.28. The van der Waals surface area contributed by atoms with Gasteiger partial charge in [-0.05, 0) is 0 Å². The quantitative estimate of drug-likeness (QED) is 0.756. The van der Waals surface area contributed by atoms with Crippen molar-refractivity contribution in [1.82, 2.24) is 20.6 Å². The fourth-order valence-corrected chi connectivity index (χ4v) is 2.23. The molecular weight excluding hydrogens is 280 g/mol. The summed E-state index contributed by atoms with van der Waals surface area (Å²) in [6.07, 6.45) is 1.02. The molecule has 2 unspecified atom stereocenters. The van der Waals surface area contributed by atoms with Crippen molar-refractivity contribution in [3.05, 3.63) is 22.7 Å². The largest absolute Gasteiger partial charge is 0.391 e. The van der Waals surface area contributed by atoms with Gasteiger partial charge in [0.1, 0.15) is 11.5 Å². The van der Waals surface area contributed by atoms with Crippen LogP contribution in [0.1, 0.15) is 36.1 Å². The smallest absolute Gasteiger partial charge is 0.271 e. The molecule has 1 aromatic rings. The Morgan fingerprint density at radius 2 is 2.35 bits per heavy atom. The number of nitrogens with zero attached hydrogens (tertiary/aromatic N) is 2. The molecule has 0 bridgehead atoms. The van der Waals surface area contributed by atoms with Gasteiger partial charge in [-0.25, -0.2) is 9.97 Å². The van der Waals surface area contributed by atoms with Crippen LogP contribution in [0.3, 0.4) is 0 Å². The van der Waals surface area contributed by atoms with E-state index in [0.717, 1.165) is 0 Å². The van der Waals surface area contributed by atoms with Crippen LogP contribution >= 0.6 is 11.6 Å². The fraction of sp³-hybridized carbons (Fsp3) is 0.615. The minimum absolute atomic E-state index is 0.0177. The van der Waals surface area contributed by atoms with Crippen molar-refractivity contribution >= 4 is 17.5 Å². The summed E-state index contributed by atoms with van der Waals surface area (Å²) in [6, 6.07) is 0. The van der Waals surface area contributed by atoms with E-state index in [9.17, 15) is 9.90 Å². The summed E-state index contributed by atoms with van der Waals surface area (Å²) in [5.74, 6) is 0.393. The molecule has 2 rings (SSSR count). The van der Waals surface area contributed by atoms with E-state index in [4.69, 9.17) is 11.6 Å². The number of halogens is 1. The highest BCUT2D eigenvalue weighted by Crippen LogP contribution is 2.16. The first-order chi connectivity index (χ1) is 9.49. The van der Waals surface area contributed by atoms with Crippen molar-refractivity contribution in [2.24, 2.45) is 5.92 Å². The van der Waals surface area contributed by atoms with Crippen molar-refractivity contribution < 1.29 is 9.90 Å². The second kappa shape index (κ2) is 6.47. The summed E-state index contributed by atoms with van der Waals surface area (Å²) in [4.78, 5) is 20.4. The fourth-order valence-electron chi connectivity index (χ4n) is 2.05. The maximum absolute atomic E-state index is 12.1. The number of β-amino-alcohol motifs (C(OH)–C–C–N with tert-alkyl or cyclic N) is 1. The summed E-state index contributed by atoms with van der Waals surface area (Å²) in [6.45, 7) is 5.55. The molecule has 110 valence electrons. The number of carbonyl (C=O) groups is 1. The molecule has 1 saturated heterocycles. The Labute approximate surface area is 123 Å². The predicted molar refractivity (Wildman–Crippen MR) is 75.8 cm³/mol. The molecule has 0 spiro atoms. The Bertz CT molecular complexity index is 495. The molecule has 3 N–H and O–H groups in total. The summed E-state index contributed by atoms with van der Waals surface area (Å²) in [7, 11) is 0. The topological polar surface area (TPSA) is 87.1 Å². The highest BCUT2D eigenvalue weighted by atomic mass is 35.5. The maximum atomic E-state index is 12.1. The predicted octanol–water partition coefficient (Wildman–Crippen LogP) is 0.563. The van der Waals surface area contributed by atoms with Gasteiger partial charge in [-0.2, -0.15) is 0 Å². The van der Waals surface area contributed by atoms with Gasteiger partial charge in [0, 0.05) is 31.5 Å². The SMILES string of the molecule is CC(C)c1ncc(Cl)c(C(=O)NCC2CNCC2O)n1. The summed E-state index contributed by atoms with van der Waals surface area (Å²) < 4.78 is 0. The summed E-state index contributed by atoms with van der Waals surface area (Å²) in [5, 5.41) is 15.7. The molecule has 2 heterocycles. The normalized spacial score (nSPS) is 22.2. The third kappa shape index (κ3) is 3.45. The number of carbonyl (C=O) groups excluding carboxylic acids is 1. The Kier molecular flexibility index (Phi) is 4.91. The zero-order chi connectivity index (χ0) is 14.7. The molecule has 7 heteroatoms. The zero-order valence-corrected chi connectivity index (χ0v) is 12.3. The summed E-state index contributed by atoms with van der Waals surface area (Å²) >= 11 is 5.97. The lowest BCUT2D eigenvalue weighted by Crippen LogP contribution is -2.35. The Morgan fingerprint density at radius 1 is 1.60 bits per heavy atom. The third-order valence-electron chi connectivity index (χ3n) is 3.32. The van der Waals surface area contributed by atoms with Gasteiger partial charge in [-0.3, -0.25) is 4.79 Å². The Balaban J connectivity index is 2.03. The van der Waals surface area contributed by atoms with Crippen LogP contribution in [0.2, 0.25) is 5.02 Å². The lowest BCUT2D eigenvalue weighted by atomic mass is 10.1. The lowest BCUT2D eigenvalue weighted by Gasteiger charge is -2.14. The number of aromatic nitrogens is 2. The number of aliphatic hydroxyl groups is 1. The number of aliphatic hydroxyl groups excluding tert-OH is 1. The number of amides is 1. The number of nitrogens with one attached hydrogen (secondary N) is 2. The molecule has 1 fully saturated rings. The van der Waals surface area contributed by atoms with Gasteiger partial charge in [0.05, 0.1) is 17.3 Å². The van der Waals surface area contributed by atoms with E-state index < -0.39 is 6.10 Å². The molecule has 6 nitrogen and oxygen atoms in total. The number of rotatable bonds is 4. The monoisotopic (exact) mass is 298 g/mol. The van der Waals surface area contributed by atoms with E-state index in [0.29, 0.717) is 25.5 Å². The first-order valence-electron chi connectivity index (χ1n) is 6.68. The van der Waals surface area contributed by atoms with Crippen LogP contribution in [0.25, 0.3) is 0 Å². The Hall–Kier alpha value is -1.24. The molecule has 1 aliphatic rings. The van der Waals surface area contributed by atoms with Crippen molar-refractivity contribution in [3.8, 4) is 0 Å². The molecule has 1 amide bonds. The average molecular weight is 299 g/mol. The van der Waals surface area contributed by atoms with E-state index in [1.807, 2.05) is 13.8 Å². The first kappa shape index (κ1) is 15.2. The van der Waals surface area contributed by atoms with Crippen molar-refractivity contribution in [2.75, 3.05) is 19.6 Å². The van der Waals surface area contributed by atoms with Gasteiger partial charge in [0.15, 0.2) is 0 Å². The highest BCUT2D eigenvalue weighted by Gasteiger charge is 2.25. The van der Waals surface area contributed by atoms with Gasteiger partial charge >= 0.3 is 0 Å². The van der Waals surface area contributed by atoms with Gasteiger partial charge in [0.2, 0.25) is 0 Å². The van der Waals surface area contributed by atoms with Gasteiger partial charge in [-0.1, -0.05) is 25.4 Å². The van der Waals surface area contributed by atoms with E-state index in [-0.39, 0.29) is 28.5 Å². The first-order valence-corrected chi connectivity index (χ1v) is 7.06. The minimum atomic E-state index is -0.428. The van der Waals surface area contributed by atoms with E-state index in [1.165, 1.54) is 6.20 Å². The third-order valence-corrected chi connectivity index (χ3v) is 3.60. The van der Waals surface area contributed by atoms with Crippen LogP contribution in [-0.4, -0.2) is 46.7 Å². The van der Waals surface area contributed by atoms with Crippen LogP contribution in [0.15, 0.2) is 6.20 Å². The molecule has 20 heavy (non-hydrogen) atoms. The molecule has 0 saturated carbocycles. The van der Waals surface area contributed by atoms with Crippen LogP contribution in [-0.2, 0) is 0 Å².